The largest absolute Gasteiger partial charge is 0.354 e. The molecule has 4 aromatic rings. The van der Waals surface area contributed by atoms with E-state index in [1.54, 1.807) is 6.20 Å². The van der Waals surface area contributed by atoms with Crippen LogP contribution in [0.5, 0.6) is 0 Å². The second kappa shape index (κ2) is 9.44. The number of aromatic nitrogens is 4. The third kappa shape index (κ3) is 4.60. The van der Waals surface area contributed by atoms with Gasteiger partial charge in [-0.3, -0.25) is 19.8 Å². The molecule has 5 heterocycles. The van der Waals surface area contributed by atoms with Crippen molar-refractivity contribution in [1.29, 1.82) is 0 Å². The van der Waals surface area contributed by atoms with E-state index >= 15 is 0 Å². The van der Waals surface area contributed by atoms with Crippen molar-refractivity contribution < 1.29 is 4.79 Å². The number of pyridine rings is 2. The van der Waals surface area contributed by atoms with Gasteiger partial charge in [-0.25, -0.2) is 4.98 Å². The lowest BCUT2D eigenvalue weighted by Crippen LogP contribution is -2.43. The summed E-state index contributed by atoms with van der Waals surface area (Å²) in [5, 5.41) is 14.3. The second-order valence-corrected chi connectivity index (χ2v) is 9.14. The number of fused-ring (bicyclic) bond motifs is 1. The Bertz CT molecular complexity index is 1340. The summed E-state index contributed by atoms with van der Waals surface area (Å²) in [6, 6.07) is 12.0. The van der Waals surface area contributed by atoms with Crippen LogP contribution in [0.3, 0.4) is 0 Å². The maximum atomic E-state index is 13.1. The Morgan fingerprint density at radius 3 is 2.63 bits per heavy atom. The maximum absolute atomic E-state index is 13.1. The van der Waals surface area contributed by atoms with Gasteiger partial charge in [-0.05, 0) is 61.0 Å². The molecule has 178 valence electrons. The highest BCUT2D eigenvalue weighted by atomic mass is 16.1. The summed E-state index contributed by atoms with van der Waals surface area (Å²) in [5.41, 5.74) is 5.06. The van der Waals surface area contributed by atoms with E-state index in [9.17, 15) is 4.79 Å². The third-order valence-electron chi connectivity index (χ3n) is 6.71. The molecule has 3 aromatic heterocycles. The number of amides is 1. The number of rotatable bonds is 6. The molecule has 2 saturated heterocycles. The van der Waals surface area contributed by atoms with Gasteiger partial charge in [0.25, 0.3) is 5.91 Å². The first-order chi connectivity index (χ1) is 17.2. The molecule has 2 fully saturated rings. The zero-order valence-electron chi connectivity index (χ0n) is 19.5. The molecule has 9 nitrogen and oxygen atoms in total. The number of aromatic amines is 1. The van der Waals surface area contributed by atoms with Crippen LogP contribution in [-0.4, -0.2) is 70.2 Å². The van der Waals surface area contributed by atoms with Gasteiger partial charge in [0.15, 0.2) is 5.69 Å². The summed E-state index contributed by atoms with van der Waals surface area (Å²) in [6.07, 6.45) is 6.76. The second-order valence-electron chi connectivity index (χ2n) is 9.14. The Hall–Kier alpha value is -3.82. The van der Waals surface area contributed by atoms with Gasteiger partial charge in [0, 0.05) is 56.1 Å². The van der Waals surface area contributed by atoms with Crippen LogP contribution in [0, 0.1) is 0 Å². The molecular weight excluding hydrogens is 440 g/mol. The van der Waals surface area contributed by atoms with Gasteiger partial charge in [-0.2, -0.15) is 5.10 Å². The Balaban J connectivity index is 1.21. The molecule has 0 radical (unpaired) electrons. The van der Waals surface area contributed by atoms with Crippen molar-refractivity contribution in [3.8, 4) is 11.1 Å². The average Bonchev–Trinajstić information content (AvgIpc) is 3.31. The summed E-state index contributed by atoms with van der Waals surface area (Å²) in [6.45, 7) is 6.98. The van der Waals surface area contributed by atoms with Crippen LogP contribution in [0.2, 0.25) is 0 Å². The van der Waals surface area contributed by atoms with Gasteiger partial charge in [-0.15, -0.1) is 0 Å². The number of hydrogen-bond donors (Lipinski definition) is 3. The molecule has 6 rings (SSSR count). The Morgan fingerprint density at radius 2 is 1.86 bits per heavy atom. The van der Waals surface area contributed by atoms with E-state index in [4.69, 9.17) is 0 Å². The molecule has 2 aliphatic heterocycles. The highest BCUT2D eigenvalue weighted by molar-refractivity contribution is 6.11. The van der Waals surface area contributed by atoms with Gasteiger partial charge >= 0.3 is 0 Å². The first kappa shape index (κ1) is 21.7. The maximum Gasteiger partial charge on any atom is 0.276 e. The molecule has 0 unspecified atom stereocenters. The number of hydrogen-bond acceptors (Lipinski definition) is 7. The summed E-state index contributed by atoms with van der Waals surface area (Å²) in [7, 11) is 0. The van der Waals surface area contributed by atoms with E-state index in [2.05, 4.69) is 46.7 Å². The van der Waals surface area contributed by atoms with Gasteiger partial charge < -0.3 is 15.5 Å². The molecule has 2 aliphatic rings. The van der Waals surface area contributed by atoms with E-state index in [0.29, 0.717) is 11.4 Å². The number of nitrogens with one attached hydrogen (secondary N) is 3. The quantitative estimate of drug-likeness (QED) is 0.400. The van der Waals surface area contributed by atoms with Crippen molar-refractivity contribution in [1.82, 2.24) is 30.4 Å². The highest BCUT2D eigenvalue weighted by Gasteiger charge is 2.17. The van der Waals surface area contributed by atoms with Crippen molar-refractivity contribution >= 4 is 28.3 Å². The molecule has 1 aromatic carbocycles. The molecule has 1 amide bonds. The lowest BCUT2D eigenvalue weighted by molar-refractivity contribution is 0.102. The van der Waals surface area contributed by atoms with Crippen molar-refractivity contribution in [3.05, 3.63) is 66.2 Å². The number of H-pyrrole nitrogens is 1. The van der Waals surface area contributed by atoms with Crippen molar-refractivity contribution in [2.75, 3.05) is 49.5 Å². The van der Waals surface area contributed by atoms with Gasteiger partial charge in [0.1, 0.15) is 5.82 Å². The fraction of sp³-hybridized carbons (Fsp3) is 0.308. The van der Waals surface area contributed by atoms with Crippen molar-refractivity contribution in [2.24, 2.45) is 0 Å². The molecule has 3 N–H and O–H groups in total. The number of piperazine rings is 1. The number of likely N-dealkylation sites (tertiary alicyclic amines) is 1. The minimum Gasteiger partial charge on any atom is -0.354 e. The number of carbonyl (C=O) groups is 1. The van der Waals surface area contributed by atoms with Crippen LogP contribution in [0.25, 0.3) is 22.0 Å². The third-order valence-corrected chi connectivity index (χ3v) is 6.71. The zero-order valence-corrected chi connectivity index (χ0v) is 19.5. The van der Waals surface area contributed by atoms with Crippen LogP contribution in [0.1, 0.15) is 22.5 Å². The molecule has 0 spiro atoms. The summed E-state index contributed by atoms with van der Waals surface area (Å²) in [5.74, 6) is 0.652. The van der Waals surface area contributed by atoms with Crippen LogP contribution in [0.15, 0.2) is 55.0 Å². The molecule has 0 bridgehead atoms. The highest BCUT2D eigenvalue weighted by Crippen LogP contribution is 2.27. The topological polar surface area (TPSA) is 102 Å². The fourth-order valence-corrected chi connectivity index (χ4v) is 4.63. The van der Waals surface area contributed by atoms with Crippen LogP contribution >= 0.6 is 0 Å². The Labute approximate surface area is 203 Å². The Morgan fingerprint density at radius 1 is 0.971 bits per heavy atom. The van der Waals surface area contributed by atoms with Crippen molar-refractivity contribution in [3.63, 3.8) is 0 Å². The number of anilines is 2. The molecule has 35 heavy (non-hydrogen) atoms. The van der Waals surface area contributed by atoms with Gasteiger partial charge in [0.2, 0.25) is 0 Å². The van der Waals surface area contributed by atoms with E-state index in [-0.39, 0.29) is 5.91 Å². The molecule has 0 saturated carbocycles. The lowest BCUT2D eigenvalue weighted by atomic mass is 10.0. The van der Waals surface area contributed by atoms with E-state index in [1.165, 1.54) is 12.0 Å². The van der Waals surface area contributed by atoms with E-state index < -0.39 is 0 Å². The molecular formula is C26H28N8O. The monoisotopic (exact) mass is 468 g/mol. The molecule has 9 heteroatoms. The first-order valence-electron chi connectivity index (χ1n) is 12.1. The minimum atomic E-state index is -0.269. The summed E-state index contributed by atoms with van der Waals surface area (Å²) >= 11 is 0. The predicted molar refractivity (Wildman–Crippen MR) is 136 cm³/mol. The van der Waals surface area contributed by atoms with Crippen LogP contribution < -0.4 is 15.5 Å². The summed E-state index contributed by atoms with van der Waals surface area (Å²) < 4.78 is 0. The average molecular weight is 469 g/mol. The standard InChI is InChI=1S/C26H28N8O/c35-26(30-21-3-5-24(29-16-21)34-10-6-27-7-11-34)25-22-13-19(2-4-23(22)31-32-25)20-12-18(14-28-15-20)17-33-8-1-9-33/h2-5,12-16,27H,1,6-11,17H2,(H,30,35)(H,31,32). The van der Waals surface area contributed by atoms with Crippen molar-refractivity contribution in [2.45, 2.75) is 13.0 Å². The number of benzene rings is 1. The smallest absolute Gasteiger partial charge is 0.276 e. The Kier molecular flexibility index (Phi) is 5.85. The zero-order chi connectivity index (χ0) is 23.6. The van der Waals surface area contributed by atoms with E-state index in [0.717, 1.165) is 73.7 Å². The minimum absolute atomic E-state index is 0.269. The van der Waals surface area contributed by atoms with Gasteiger partial charge in [-0.1, -0.05) is 6.07 Å². The normalized spacial score (nSPS) is 16.3. The van der Waals surface area contributed by atoms with E-state index in [1.807, 2.05) is 42.7 Å². The SMILES string of the molecule is O=C(Nc1ccc(N2CCNCC2)nc1)c1n[nH]c2ccc(-c3cncc(CN4CCC4)c3)cc12. The number of carbonyl (C=O) groups excluding carboxylic acids is 1. The predicted octanol–water partition coefficient (Wildman–Crippen LogP) is 2.89. The molecule has 0 atom stereocenters. The number of nitrogens with zero attached hydrogens (tertiary/aromatic N) is 5. The molecule has 0 aliphatic carbocycles. The van der Waals surface area contributed by atoms with Gasteiger partial charge in [0.05, 0.1) is 17.4 Å². The summed E-state index contributed by atoms with van der Waals surface area (Å²) in [4.78, 5) is 26.7. The fourth-order valence-electron chi connectivity index (χ4n) is 4.63. The van der Waals surface area contributed by atoms with Crippen LogP contribution in [-0.2, 0) is 6.54 Å². The van der Waals surface area contributed by atoms with Crippen LogP contribution in [0.4, 0.5) is 11.5 Å². The first-order valence-corrected chi connectivity index (χ1v) is 12.1. The lowest BCUT2D eigenvalue weighted by Gasteiger charge is -2.30.